The number of carbonyl (C=O) groups is 1. The van der Waals surface area contributed by atoms with E-state index in [0.29, 0.717) is 10.2 Å². The number of pyridine rings is 1. The molecular formula is C18H21N3OS. The maximum absolute atomic E-state index is 12.6. The van der Waals surface area contributed by atoms with Gasteiger partial charge < -0.3 is 9.88 Å². The van der Waals surface area contributed by atoms with Crippen LogP contribution in [-0.4, -0.2) is 46.9 Å². The van der Waals surface area contributed by atoms with Gasteiger partial charge in [0.25, 0.3) is 5.91 Å². The summed E-state index contributed by atoms with van der Waals surface area (Å²) in [5.41, 5.74) is 3.27. The van der Waals surface area contributed by atoms with E-state index in [1.807, 2.05) is 11.0 Å². The lowest BCUT2D eigenvalue weighted by Gasteiger charge is -2.35. The highest BCUT2D eigenvalue weighted by Gasteiger charge is 2.23. The first kappa shape index (κ1) is 15.9. The van der Waals surface area contributed by atoms with Gasteiger partial charge in [0.15, 0.2) is 0 Å². The van der Waals surface area contributed by atoms with Crippen LogP contribution >= 0.6 is 12.2 Å². The fourth-order valence-electron chi connectivity index (χ4n) is 2.90. The Morgan fingerprint density at radius 2 is 1.87 bits per heavy atom. The molecule has 1 fully saturated rings. The van der Waals surface area contributed by atoms with Crippen LogP contribution in [0, 0.1) is 11.6 Å². The van der Waals surface area contributed by atoms with Crippen LogP contribution in [0.3, 0.4) is 0 Å². The Bertz CT molecular complexity index is 748. The van der Waals surface area contributed by atoms with Crippen LogP contribution in [0.1, 0.15) is 21.5 Å². The molecule has 1 aromatic carbocycles. The minimum Gasteiger partial charge on any atom is -0.352 e. The van der Waals surface area contributed by atoms with Gasteiger partial charge in [-0.3, -0.25) is 9.69 Å². The van der Waals surface area contributed by atoms with Crippen molar-refractivity contribution in [2.75, 3.05) is 26.2 Å². The normalized spacial score (nSPS) is 15.6. The Balaban J connectivity index is 1.60. The molecule has 120 valence electrons. The molecule has 2 heterocycles. The van der Waals surface area contributed by atoms with Gasteiger partial charge in [0, 0.05) is 38.9 Å². The second-order valence-corrected chi connectivity index (χ2v) is 6.32. The van der Waals surface area contributed by atoms with Gasteiger partial charge in [0.2, 0.25) is 0 Å². The van der Waals surface area contributed by atoms with E-state index in [4.69, 9.17) is 12.2 Å². The summed E-state index contributed by atoms with van der Waals surface area (Å²) in [6.07, 6.45) is 1.75. The van der Waals surface area contributed by atoms with Crippen molar-refractivity contribution in [3.05, 3.63) is 63.9 Å². The van der Waals surface area contributed by atoms with Gasteiger partial charge in [-0.15, -0.1) is 0 Å². The monoisotopic (exact) mass is 327 g/mol. The fourth-order valence-corrected chi connectivity index (χ4v) is 3.12. The summed E-state index contributed by atoms with van der Waals surface area (Å²) in [4.78, 5) is 19.8. The van der Waals surface area contributed by atoms with Crippen molar-refractivity contribution in [2.45, 2.75) is 13.5 Å². The SMILES string of the molecule is Cc1ccccc1CN1CCN(C(=O)c2ccc[nH]c2=S)CC1. The van der Waals surface area contributed by atoms with E-state index in [2.05, 4.69) is 41.1 Å². The lowest BCUT2D eigenvalue weighted by Crippen LogP contribution is -2.48. The average molecular weight is 327 g/mol. The smallest absolute Gasteiger partial charge is 0.256 e. The number of aryl methyl sites for hydroxylation is 1. The number of H-pyrrole nitrogens is 1. The molecule has 0 atom stereocenters. The predicted molar refractivity (Wildman–Crippen MR) is 94.0 cm³/mol. The van der Waals surface area contributed by atoms with Gasteiger partial charge in [-0.05, 0) is 30.2 Å². The van der Waals surface area contributed by atoms with Gasteiger partial charge in [0.1, 0.15) is 4.64 Å². The zero-order valence-electron chi connectivity index (χ0n) is 13.3. The summed E-state index contributed by atoms with van der Waals surface area (Å²) < 4.78 is 0.514. The number of nitrogens with one attached hydrogen (secondary N) is 1. The largest absolute Gasteiger partial charge is 0.352 e. The molecule has 5 heteroatoms. The molecular weight excluding hydrogens is 306 g/mol. The third-order valence-corrected chi connectivity index (χ3v) is 4.70. The molecule has 1 aliphatic rings. The highest BCUT2D eigenvalue weighted by Crippen LogP contribution is 2.14. The van der Waals surface area contributed by atoms with E-state index in [-0.39, 0.29) is 5.91 Å². The maximum Gasteiger partial charge on any atom is 0.256 e. The third kappa shape index (κ3) is 3.68. The van der Waals surface area contributed by atoms with E-state index in [9.17, 15) is 4.79 Å². The molecule has 0 radical (unpaired) electrons. The summed E-state index contributed by atoms with van der Waals surface area (Å²) in [6.45, 7) is 6.36. The molecule has 0 aliphatic carbocycles. The second-order valence-electron chi connectivity index (χ2n) is 5.91. The Morgan fingerprint density at radius 1 is 1.13 bits per heavy atom. The number of hydrogen-bond acceptors (Lipinski definition) is 3. The summed E-state index contributed by atoms with van der Waals surface area (Å²) >= 11 is 5.21. The van der Waals surface area contributed by atoms with Gasteiger partial charge in [0.05, 0.1) is 5.56 Å². The van der Waals surface area contributed by atoms with Crippen molar-refractivity contribution in [3.63, 3.8) is 0 Å². The fraction of sp³-hybridized carbons (Fsp3) is 0.333. The van der Waals surface area contributed by atoms with E-state index < -0.39 is 0 Å². The van der Waals surface area contributed by atoms with E-state index in [1.165, 1.54) is 11.1 Å². The summed E-state index contributed by atoms with van der Waals surface area (Å²) in [5.74, 6) is 0.0300. The Hall–Kier alpha value is -1.98. The van der Waals surface area contributed by atoms with Crippen molar-refractivity contribution < 1.29 is 4.79 Å². The molecule has 0 unspecified atom stereocenters. The van der Waals surface area contributed by atoms with Crippen LogP contribution < -0.4 is 0 Å². The lowest BCUT2D eigenvalue weighted by atomic mass is 10.1. The van der Waals surface area contributed by atoms with Gasteiger partial charge >= 0.3 is 0 Å². The minimum absolute atomic E-state index is 0.0300. The highest BCUT2D eigenvalue weighted by atomic mass is 32.1. The number of aromatic amines is 1. The van der Waals surface area contributed by atoms with Crippen LogP contribution in [0.2, 0.25) is 0 Å². The average Bonchev–Trinajstić information content (AvgIpc) is 2.57. The first-order valence-corrected chi connectivity index (χ1v) is 8.30. The topological polar surface area (TPSA) is 39.3 Å². The maximum atomic E-state index is 12.6. The van der Waals surface area contributed by atoms with Crippen molar-refractivity contribution in [3.8, 4) is 0 Å². The van der Waals surface area contributed by atoms with Gasteiger partial charge in [-0.1, -0.05) is 36.5 Å². The predicted octanol–water partition coefficient (Wildman–Crippen LogP) is 3.01. The minimum atomic E-state index is 0.0300. The van der Waals surface area contributed by atoms with Gasteiger partial charge in [-0.2, -0.15) is 0 Å². The van der Waals surface area contributed by atoms with Crippen LogP contribution in [-0.2, 0) is 6.54 Å². The molecule has 3 rings (SSSR count). The third-order valence-electron chi connectivity index (χ3n) is 4.36. The van der Waals surface area contributed by atoms with Crippen LogP contribution in [0.15, 0.2) is 42.6 Å². The van der Waals surface area contributed by atoms with Crippen molar-refractivity contribution >= 4 is 18.1 Å². The highest BCUT2D eigenvalue weighted by molar-refractivity contribution is 7.71. The number of rotatable bonds is 3. The molecule has 2 aromatic rings. The van der Waals surface area contributed by atoms with Crippen LogP contribution in [0.5, 0.6) is 0 Å². The summed E-state index contributed by atoms with van der Waals surface area (Å²) in [7, 11) is 0. The zero-order chi connectivity index (χ0) is 16.2. The molecule has 1 N–H and O–H groups in total. The molecule has 0 spiro atoms. The molecule has 1 amide bonds. The number of carbonyl (C=O) groups excluding carboxylic acids is 1. The second kappa shape index (κ2) is 7.06. The molecule has 1 aromatic heterocycles. The number of hydrogen-bond donors (Lipinski definition) is 1. The van der Waals surface area contributed by atoms with Crippen molar-refractivity contribution in [1.29, 1.82) is 0 Å². The van der Waals surface area contributed by atoms with E-state index >= 15 is 0 Å². The Kier molecular flexibility index (Phi) is 4.88. The summed E-state index contributed by atoms with van der Waals surface area (Å²) in [6, 6.07) is 12.1. The van der Waals surface area contributed by atoms with E-state index in [0.717, 1.165) is 32.7 Å². The molecule has 0 saturated carbocycles. The summed E-state index contributed by atoms with van der Waals surface area (Å²) in [5, 5.41) is 0. The first-order chi connectivity index (χ1) is 11.1. The molecule has 0 bridgehead atoms. The molecule has 1 aliphatic heterocycles. The Morgan fingerprint density at radius 3 is 2.57 bits per heavy atom. The molecule has 23 heavy (non-hydrogen) atoms. The Labute approximate surface area is 141 Å². The number of aromatic nitrogens is 1. The number of amides is 1. The number of piperazine rings is 1. The number of nitrogens with zero attached hydrogens (tertiary/aromatic N) is 2. The zero-order valence-corrected chi connectivity index (χ0v) is 14.1. The van der Waals surface area contributed by atoms with Crippen molar-refractivity contribution in [1.82, 2.24) is 14.8 Å². The molecule has 1 saturated heterocycles. The first-order valence-electron chi connectivity index (χ1n) is 7.89. The standard InChI is InChI=1S/C18H21N3OS/c1-14-5-2-3-6-15(14)13-20-9-11-21(12-10-20)18(22)16-7-4-8-19-17(16)23/h2-8H,9-13H2,1H3,(H,19,23). The quantitative estimate of drug-likeness (QED) is 0.881. The van der Waals surface area contributed by atoms with Crippen molar-refractivity contribution in [2.24, 2.45) is 0 Å². The lowest BCUT2D eigenvalue weighted by molar-refractivity contribution is 0.0627. The van der Waals surface area contributed by atoms with E-state index in [1.54, 1.807) is 12.3 Å². The van der Waals surface area contributed by atoms with Gasteiger partial charge in [-0.25, -0.2) is 0 Å². The van der Waals surface area contributed by atoms with Crippen LogP contribution in [0.4, 0.5) is 0 Å². The van der Waals surface area contributed by atoms with Crippen LogP contribution in [0.25, 0.3) is 0 Å². The number of benzene rings is 1. The molecule has 4 nitrogen and oxygen atoms in total.